The predicted octanol–water partition coefficient (Wildman–Crippen LogP) is 1.96. The Morgan fingerprint density at radius 3 is 2.90 bits per heavy atom. The minimum absolute atomic E-state index is 0.187. The molecule has 0 amide bonds. The molecule has 0 spiro atoms. The standard InChI is InChI=1S/C15H24FN3O/c1-4-17-15(19-12(2)11-20-3)18-9-8-13-6-5-7-14(16)10-13/h5-7,10,12H,4,8-9,11H2,1-3H3,(H2,17,18,19). The highest BCUT2D eigenvalue weighted by Crippen LogP contribution is 2.04. The number of nitrogens with zero attached hydrogens (tertiary/aromatic N) is 1. The molecule has 0 aromatic heterocycles. The maximum Gasteiger partial charge on any atom is 0.191 e. The lowest BCUT2D eigenvalue weighted by atomic mass is 10.1. The number of benzene rings is 1. The van der Waals surface area contributed by atoms with Gasteiger partial charge in [-0.25, -0.2) is 4.39 Å². The van der Waals surface area contributed by atoms with Crippen molar-refractivity contribution in [3.05, 3.63) is 35.6 Å². The third-order valence-electron chi connectivity index (χ3n) is 2.70. The molecule has 4 nitrogen and oxygen atoms in total. The van der Waals surface area contributed by atoms with Crippen molar-refractivity contribution in [2.24, 2.45) is 4.99 Å². The first kappa shape index (κ1) is 16.4. The van der Waals surface area contributed by atoms with Crippen molar-refractivity contribution >= 4 is 5.96 Å². The average Bonchev–Trinajstić information content (AvgIpc) is 2.39. The second-order valence-corrected chi connectivity index (χ2v) is 4.64. The maximum atomic E-state index is 13.1. The van der Waals surface area contributed by atoms with Gasteiger partial charge in [-0.1, -0.05) is 12.1 Å². The van der Waals surface area contributed by atoms with Crippen LogP contribution in [0.5, 0.6) is 0 Å². The Morgan fingerprint density at radius 2 is 2.25 bits per heavy atom. The number of ether oxygens (including phenoxy) is 1. The summed E-state index contributed by atoms with van der Waals surface area (Å²) in [5.41, 5.74) is 0.953. The Balaban J connectivity index is 2.49. The van der Waals surface area contributed by atoms with Crippen molar-refractivity contribution < 1.29 is 9.13 Å². The fourth-order valence-electron chi connectivity index (χ4n) is 1.83. The Labute approximate surface area is 120 Å². The summed E-state index contributed by atoms with van der Waals surface area (Å²) in [5.74, 6) is 0.554. The second-order valence-electron chi connectivity index (χ2n) is 4.64. The van der Waals surface area contributed by atoms with E-state index in [-0.39, 0.29) is 11.9 Å². The Hall–Kier alpha value is -1.62. The maximum absolute atomic E-state index is 13.1. The van der Waals surface area contributed by atoms with Crippen LogP contribution in [0.2, 0.25) is 0 Å². The summed E-state index contributed by atoms with van der Waals surface area (Å²) in [6.45, 7) is 6.08. The van der Waals surface area contributed by atoms with Gasteiger partial charge in [0.25, 0.3) is 0 Å². The molecule has 0 bridgehead atoms. The van der Waals surface area contributed by atoms with Crippen LogP contribution in [0, 0.1) is 5.82 Å². The van der Waals surface area contributed by atoms with Gasteiger partial charge in [-0.15, -0.1) is 0 Å². The quantitative estimate of drug-likeness (QED) is 0.593. The van der Waals surface area contributed by atoms with Crippen LogP contribution in [-0.4, -0.2) is 38.8 Å². The summed E-state index contributed by atoms with van der Waals surface area (Å²) in [6.07, 6.45) is 0.715. The van der Waals surface area contributed by atoms with Gasteiger partial charge in [0.15, 0.2) is 5.96 Å². The molecule has 0 aliphatic rings. The second kappa shape index (κ2) is 9.31. The van der Waals surface area contributed by atoms with Crippen LogP contribution in [0.3, 0.4) is 0 Å². The highest BCUT2D eigenvalue weighted by atomic mass is 19.1. The number of halogens is 1. The Bertz CT molecular complexity index is 423. The van der Waals surface area contributed by atoms with E-state index in [4.69, 9.17) is 4.74 Å². The Kier molecular flexibility index (Phi) is 7.65. The number of nitrogens with one attached hydrogen (secondary N) is 2. The molecule has 1 aromatic carbocycles. The van der Waals surface area contributed by atoms with Gasteiger partial charge >= 0.3 is 0 Å². The summed E-state index contributed by atoms with van der Waals surface area (Å²) in [7, 11) is 1.67. The van der Waals surface area contributed by atoms with Crippen LogP contribution >= 0.6 is 0 Å². The Morgan fingerprint density at radius 1 is 1.45 bits per heavy atom. The molecule has 0 heterocycles. The summed E-state index contributed by atoms with van der Waals surface area (Å²) in [5, 5.41) is 6.44. The third kappa shape index (κ3) is 6.52. The lowest BCUT2D eigenvalue weighted by molar-refractivity contribution is 0.179. The molecule has 0 radical (unpaired) electrons. The van der Waals surface area contributed by atoms with Gasteiger partial charge in [0, 0.05) is 26.2 Å². The molecule has 20 heavy (non-hydrogen) atoms. The zero-order valence-corrected chi connectivity index (χ0v) is 12.4. The van der Waals surface area contributed by atoms with E-state index in [1.54, 1.807) is 19.2 Å². The van der Waals surface area contributed by atoms with E-state index in [1.165, 1.54) is 6.07 Å². The van der Waals surface area contributed by atoms with Crippen LogP contribution in [0.1, 0.15) is 19.4 Å². The summed E-state index contributed by atoms with van der Waals surface area (Å²) >= 11 is 0. The molecule has 0 saturated heterocycles. The number of hydrogen-bond acceptors (Lipinski definition) is 2. The first-order valence-corrected chi connectivity index (χ1v) is 6.94. The van der Waals surface area contributed by atoms with Crippen molar-refractivity contribution in [2.75, 3.05) is 26.8 Å². The lowest BCUT2D eigenvalue weighted by Gasteiger charge is -2.16. The topological polar surface area (TPSA) is 45.7 Å². The van der Waals surface area contributed by atoms with Gasteiger partial charge < -0.3 is 15.4 Å². The van der Waals surface area contributed by atoms with E-state index < -0.39 is 0 Å². The van der Waals surface area contributed by atoms with Gasteiger partial charge in [-0.05, 0) is 38.0 Å². The highest BCUT2D eigenvalue weighted by molar-refractivity contribution is 5.80. The van der Waals surface area contributed by atoms with Crippen molar-refractivity contribution in [3.63, 3.8) is 0 Å². The number of guanidine groups is 1. The fourth-order valence-corrected chi connectivity index (χ4v) is 1.83. The van der Waals surface area contributed by atoms with E-state index >= 15 is 0 Å². The minimum atomic E-state index is -0.203. The molecule has 0 saturated carbocycles. The van der Waals surface area contributed by atoms with E-state index in [0.29, 0.717) is 19.6 Å². The molecular formula is C15H24FN3O. The van der Waals surface area contributed by atoms with E-state index in [1.807, 2.05) is 19.9 Å². The SMILES string of the molecule is CCNC(=NCCc1cccc(F)c1)NC(C)COC. The monoisotopic (exact) mass is 281 g/mol. The summed E-state index contributed by atoms with van der Waals surface area (Å²) in [6, 6.07) is 6.81. The van der Waals surface area contributed by atoms with E-state index in [2.05, 4.69) is 15.6 Å². The molecule has 1 atom stereocenters. The molecular weight excluding hydrogens is 257 g/mol. The fraction of sp³-hybridized carbons (Fsp3) is 0.533. The van der Waals surface area contributed by atoms with Gasteiger partial charge in [-0.3, -0.25) is 4.99 Å². The molecule has 1 unspecified atom stereocenters. The average molecular weight is 281 g/mol. The molecule has 0 fully saturated rings. The first-order chi connectivity index (χ1) is 9.65. The van der Waals surface area contributed by atoms with Gasteiger partial charge in [0.05, 0.1) is 6.61 Å². The van der Waals surface area contributed by atoms with Crippen molar-refractivity contribution in [2.45, 2.75) is 26.3 Å². The van der Waals surface area contributed by atoms with Crippen LogP contribution < -0.4 is 10.6 Å². The number of aliphatic imine (C=N–C) groups is 1. The number of methoxy groups -OCH3 is 1. The molecule has 0 aliphatic carbocycles. The van der Waals surface area contributed by atoms with Crippen molar-refractivity contribution in [1.29, 1.82) is 0 Å². The van der Waals surface area contributed by atoms with Gasteiger partial charge in [0.2, 0.25) is 0 Å². The van der Waals surface area contributed by atoms with Crippen LogP contribution in [0.25, 0.3) is 0 Å². The van der Waals surface area contributed by atoms with Crippen molar-refractivity contribution in [3.8, 4) is 0 Å². The van der Waals surface area contributed by atoms with E-state index in [0.717, 1.165) is 18.1 Å². The van der Waals surface area contributed by atoms with E-state index in [9.17, 15) is 4.39 Å². The molecule has 1 aromatic rings. The summed E-state index contributed by atoms with van der Waals surface area (Å²) < 4.78 is 18.1. The molecule has 2 N–H and O–H groups in total. The molecule has 0 aliphatic heterocycles. The van der Waals surface area contributed by atoms with Crippen LogP contribution in [0.4, 0.5) is 4.39 Å². The van der Waals surface area contributed by atoms with Crippen LogP contribution in [0.15, 0.2) is 29.3 Å². The number of rotatable bonds is 7. The zero-order chi connectivity index (χ0) is 14.8. The predicted molar refractivity (Wildman–Crippen MR) is 80.6 cm³/mol. The highest BCUT2D eigenvalue weighted by Gasteiger charge is 2.04. The minimum Gasteiger partial charge on any atom is -0.383 e. The number of hydrogen-bond donors (Lipinski definition) is 2. The summed E-state index contributed by atoms with van der Waals surface area (Å²) in [4.78, 5) is 4.48. The molecule has 112 valence electrons. The van der Waals surface area contributed by atoms with Gasteiger partial charge in [0.1, 0.15) is 5.82 Å². The molecule has 1 rings (SSSR count). The first-order valence-electron chi connectivity index (χ1n) is 6.94. The third-order valence-corrected chi connectivity index (χ3v) is 2.70. The smallest absolute Gasteiger partial charge is 0.191 e. The molecule has 5 heteroatoms. The lowest BCUT2D eigenvalue weighted by Crippen LogP contribution is -2.44. The van der Waals surface area contributed by atoms with Crippen molar-refractivity contribution in [1.82, 2.24) is 10.6 Å². The zero-order valence-electron chi connectivity index (χ0n) is 12.4. The van der Waals surface area contributed by atoms with Gasteiger partial charge in [-0.2, -0.15) is 0 Å². The largest absolute Gasteiger partial charge is 0.383 e. The normalized spacial score (nSPS) is 13.1. The van der Waals surface area contributed by atoms with Crippen LogP contribution in [-0.2, 0) is 11.2 Å².